The number of aromatic nitrogens is 2. The first kappa shape index (κ1) is 14.9. The number of likely N-dealkylation sites (tertiary alicyclic amines) is 1. The maximum Gasteiger partial charge on any atom is 0.267 e. The largest absolute Gasteiger partial charge is 0.378 e. The summed E-state index contributed by atoms with van der Waals surface area (Å²) in [4.78, 5) is 26.1. The van der Waals surface area contributed by atoms with Crippen molar-refractivity contribution in [3.63, 3.8) is 0 Å². The molecule has 1 aliphatic carbocycles. The van der Waals surface area contributed by atoms with Crippen LogP contribution in [0.3, 0.4) is 0 Å². The lowest BCUT2D eigenvalue weighted by Gasteiger charge is -2.39. The van der Waals surface area contributed by atoms with Gasteiger partial charge in [0.05, 0.1) is 24.8 Å². The molecule has 124 valence electrons. The van der Waals surface area contributed by atoms with Crippen LogP contribution in [0.1, 0.15) is 36.9 Å². The van der Waals surface area contributed by atoms with E-state index in [0.29, 0.717) is 18.9 Å². The number of fused-ring (bicyclic) bond motifs is 1. The van der Waals surface area contributed by atoms with Crippen LogP contribution in [0.25, 0.3) is 0 Å². The minimum Gasteiger partial charge on any atom is -0.378 e. The van der Waals surface area contributed by atoms with Gasteiger partial charge in [-0.3, -0.25) is 9.59 Å². The van der Waals surface area contributed by atoms with E-state index in [2.05, 4.69) is 5.10 Å². The van der Waals surface area contributed by atoms with Crippen LogP contribution >= 0.6 is 0 Å². The maximum atomic E-state index is 12.2. The van der Waals surface area contributed by atoms with E-state index in [1.54, 1.807) is 10.7 Å². The first-order valence-electron chi connectivity index (χ1n) is 8.68. The summed E-state index contributed by atoms with van der Waals surface area (Å²) < 4.78 is 7.11. The highest BCUT2D eigenvalue weighted by Gasteiger charge is 2.33. The van der Waals surface area contributed by atoms with Crippen LogP contribution in [0.2, 0.25) is 0 Å². The molecule has 4 rings (SSSR count). The Balaban J connectivity index is 1.31. The van der Waals surface area contributed by atoms with E-state index >= 15 is 0 Å². The average molecular weight is 317 g/mol. The maximum absolute atomic E-state index is 12.2. The van der Waals surface area contributed by atoms with E-state index in [1.807, 2.05) is 4.90 Å². The highest BCUT2D eigenvalue weighted by atomic mass is 16.5. The fourth-order valence-corrected chi connectivity index (χ4v) is 3.83. The molecule has 1 unspecified atom stereocenters. The molecule has 0 bridgehead atoms. The topological polar surface area (TPSA) is 64.4 Å². The first-order valence-corrected chi connectivity index (χ1v) is 8.68. The second kappa shape index (κ2) is 6.07. The van der Waals surface area contributed by atoms with Gasteiger partial charge in [-0.25, -0.2) is 4.68 Å². The van der Waals surface area contributed by atoms with Gasteiger partial charge in [-0.15, -0.1) is 0 Å². The van der Waals surface area contributed by atoms with E-state index < -0.39 is 0 Å². The van der Waals surface area contributed by atoms with Crippen molar-refractivity contribution in [2.45, 2.75) is 51.2 Å². The lowest BCUT2D eigenvalue weighted by molar-refractivity contribution is -0.140. The quantitative estimate of drug-likeness (QED) is 0.822. The number of hydrogen-bond donors (Lipinski definition) is 0. The molecule has 0 saturated carbocycles. The standard InChI is InChI=1S/C17H23N3O3/c21-16(8-14-4-2-6-23-14)19-9-12(10-19)11-20-17(22)7-13-3-1-5-15(13)18-20/h7,12,14H,1-6,8-11H2. The highest BCUT2D eigenvalue weighted by Crippen LogP contribution is 2.22. The Morgan fingerprint density at radius 2 is 2.17 bits per heavy atom. The van der Waals surface area contributed by atoms with Gasteiger partial charge in [0.2, 0.25) is 5.91 Å². The Kier molecular flexibility index (Phi) is 3.93. The number of rotatable bonds is 4. The van der Waals surface area contributed by atoms with Gasteiger partial charge < -0.3 is 9.64 Å². The molecule has 2 aliphatic heterocycles. The zero-order valence-corrected chi connectivity index (χ0v) is 13.4. The van der Waals surface area contributed by atoms with Crippen LogP contribution in [0, 0.1) is 5.92 Å². The summed E-state index contributed by atoms with van der Waals surface area (Å²) in [6, 6.07) is 1.74. The molecule has 2 fully saturated rings. The van der Waals surface area contributed by atoms with Crippen molar-refractivity contribution in [1.82, 2.24) is 14.7 Å². The molecule has 1 amide bonds. The second-order valence-corrected chi connectivity index (χ2v) is 6.99. The van der Waals surface area contributed by atoms with Crippen LogP contribution in [0.15, 0.2) is 10.9 Å². The van der Waals surface area contributed by atoms with Crippen LogP contribution < -0.4 is 5.56 Å². The van der Waals surface area contributed by atoms with Crippen LogP contribution in [-0.4, -0.2) is 46.4 Å². The Morgan fingerprint density at radius 3 is 2.96 bits per heavy atom. The van der Waals surface area contributed by atoms with Gasteiger partial charge in [-0.2, -0.15) is 5.10 Å². The van der Waals surface area contributed by atoms with Gasteiger partial charge in [0.25, 0.3) is 5.56 Å². The zero-order chi connectivity index (χ0) is 15.8. The Labute approximate surface area is 135 Å². The van der Waals surface area contributed by atoms with Crippen molar-refractivity contribution in [2.24, 2.45) is 5.92 Å². The molecule has 0 radical (unpaired) electrons. The number of carbonyl (C=O) groups is 1. The molecule has 23 heavy (non-hydrogen) atoms. The fraction of sp³-hybridized carbons (Fsp3) is 0.706. The lowest BCUT2D eigenvalue weighted by atomic mass is 9.99. The summed E-state index contributed by atoms with van der Waals surface area (Å²) in [6.45, 7) is 2.87. The molecular formula is C17H23N3O3. The highest BCUT2D eigenvalue weighted by molar-refractivity contribution is 5.77. The molecule has 1 atom stereocenters. The number of ether oxygens (including phenoxy) is 1. The number of aryl methyl sites for hydroxylation is 2. The summed E-state index contributed by atoms with van der Waals surface area (Å²) in [5.74, 6) is 0.524. The first-order chi connectivity index (χ1) is 11.2. The van der Waals surface area contributed by atoms with Crippen molar-refractivity contribution in [1.29, 1.82) is 0 Å². The molecule has 6 heteroatoms. The molecule has 1 aromatic heterocycles. The van der Waals surface area contributed by atoms with Crippen LogP contribution in [0.5, 0.6) is 0 Å². The number of carbonyl (C=O) groups excluding carboxylic acids is 1. The minimum atomic E-state index is -0.00483. The molecule has 3 aliphatic rings. The smallest absolute Gasteiger partial charge is 0.267 e. The van der Waals surface area contributed by atoms with Crippen LogP contribution in [-0.2, 0) is 28.9 Å². The van der Waals surface area contributed by atoms with Crippen molar-refractivity contribution >= 4 is 5.91 Å². The Hall–Kier alpha value is -1.69. The molecule has 2 saturated heterocycles. The minimum absolute atomic E-state index is 0.00483. The van der Waals surface area contributed by atoms with E-state index in [-0.39, 0.29) is 17.6 Å². The molecule has 1 aromatic rings. The van der Waals surface area contributed by atoms with E-state index in [9.17, 15) is 9.59 Å². The number of nitrogens with zero attached hydrogens (tertiary/aromatic N) is 3. The third kappa shape index (κ3) is 3.04. The Morgan fingerprint density at radius 1 is 1.30 bits per heavy atom. The van der Waals surface area contributed by atoms with E-state index in [4.69, 9.17) is 4.74 Å². The monoisotopic (exact) mass is 317 g/mol. The van der Waals surface area contributed by atoms with Gasteiger partial charge in [-0.1, -0.05) is 0 Å². The molecule has 0 N–H and O–H groups in total. The lowest BCUT2D eigenvalue weighted by Crippen LogP contribution is -2.52. The summed E-state index contributed by atoms with van der Waals surface area (Å²) in [7, 11) is 0. The summed E-state index contributed by atoms with van der Waals surface area (Å²) in [5, 5.41) is 4.51. The van der Waals surface area contributed by atoms with Gasteiger partial charge in [-0.05, 0) is 37.7 Å². The van der Waals surface area contributed by atoms with Gasteiger partial charge in [0.1, 0.15) is 0 Å². The SMILES string of the molecule is O=C(CC1CCCO1)N1CC(Cn2nc3c(cc2=O)CCC3)C1. The fourth-order valence-electron chi connectivity index (χ4n) is 3.83. The molecule has 0 aromatic carbocycles. The third-order valence-corrected chi connectivity index (χ3v) is 5.19. The predicted octanol–water partition coefficient (Wildman–Crippen LogP) is 0.759. The third-order valence-electron chi connectivity index (χ3n) is 5.19. The normalized spacial score (nSPS) is 23.8. The molecule has 0 spiro atoms. The Bertz CT molecular complexity index is 658. The number of hydrogen-bond acceptors (Lipinski definition) is 4. The summed E-state index contributed by atoms with van der Waals surface area (Å²) in [6.07, 6.45) is 5.73. The molecular weight excluding hydrogens is 294 g/mol. The molecule has 6 nitrogen and oxygen atoms in total. The van der Waals surface area contributed by atoms with Crippen molar-refractivity contribution in [2.75, 3.05) is 19.7 Å². The van der Waals surface area contributed by atoms with Crippen molar-refractivity contribution in [3.05, 3.63) is 27.7 Å². The average Bonchev–Trinajstić information content (AvgIpc) is 3.13. The number of amides is 1. The molecule has 3 heterocycles. The summed E-state index contributed by atoms with van der Waals surface area (Å²) >= 11 is 0. The van der Waals surface area contributed by atoms with Gasteiger partial charge >= 0.3 is 0 Å². The van der Waals surface area contributed by atoms with Crippen molar-refractivity contribution in [3.8, 4) is 0 Å². The van der Waals surface area contributed by atoms with E-state index in [1.165, 1.54) is 0 Å². The second-order valence-electron chi connectivity index (χ2n) is 6.99. The zero-order valence-electron chi connectivity index (χ0n) is 13.4. The van der Waals surface area contributed by atoms with Gasteiger partial charge in [0.15, 0.2) is 0 Å². The van der Waals surface area contributed by atoms with Gasteiger partial charge in [0, 0.05) is 31.7 Å². The van der Waals surface area contributed by atoms with Crippen LogP contribution in [0.4, 0.5) is 0 Å². The van der Waals surface area contributed by atoms with E-state index in [0.717, 1.165) is 63.1 Å². The summed E-state index contributed by atoms with van der Waals surface area (Å²) in [5.41, 5.74) is 2.19. The van der Waals surface area contributed by atoms with Crippen molar-refractivity contribution < 1.29 is 9.53 Å². The predicted molar refractivity (Wildman–Crippen MR) is 84.2 cm³/mol.